The van der Waals surface area contributed by atoms with Gasteiger partial charge in [0.15, 0.2) is 5.82 Å². The molecule has 1 atom stereocenters. The maximum Gasteiger partial charge on any atom is 0.165 e. The van der Waals surface area contributed by atoms with Crippen molar-refractivity contribution in [2.45, 2.75) is 39.3 Å². The molecule has 0 aliphatic rings. The maximum atomic E-state index is 4.10. The number of nitrogens with zero attached hydrogens (tertiary/aromatic N) is 4. The van der Waals surface area contributed by atoms with Crippen molar-refractivity contribution in [3.8, 4) is 0 Å². The fourth-order valence-corrected chi connectivity index (χ4v) is 2.68. The number of aromatic nitrogens is 4. The van der Waals surface area contributed by atoms with Crippen LogP contribution in [0.25, 0.3) is 0 Å². The van der Waals surface area contributed by atoms with E-state index >= 15 is 0 Å². The Hall–Kier alpha value is -1.27. The van der Waals surface area contributed by atoms with E-state index in [2.05, 4.69) is 52.2 Å². The van der Waals surface area contributed by atoms with E-state index in [1.807, 2.05) is 4.68 Å². The van der Waals surface area contributed by atoms with Gasteiger partial charge in [0.25, 0.3) is 0 Å². The molecule has 0 fully saturated rings. The standard InChI is InChI=1S/C12H19N5S/c1-3-6-13-9-12-14-15-16-17(12)10(2)8-11-5-4-7-18-11/h4-5,7,10,13H,3,6,8-9H2,1-2H3. The SMILES string of the molecule is CCCNCc1nnnn1C(C)Cc1cccs1. The molecule has 2 rings (SSSR count). The molecule has 0 aliphatic carbocycles. The van der Waals surface area contributed by atoms with Crippen molar-refractivity contribution in [3.63, 3.8) is 0 Å². The number of nitrogens with one attached hydrogen (secondary N) is 1. The second-order valence-electron chi connectivity index (χ2n) is 4.35. The Labute approximate surface area is 111 Å². The van der Waals surface area contributed by atoms with E-state index in [1.54, 1.807) is 11.3 Å². The van der Waals surface area contributed by atoms with Crippen LogP contribution in [0.15, 0.2) is 17.5 Å². The minimum atomic E-state index is 0.289. The molecule has 0 radical (unpaired) electrons. The molecule has 1 unspecified atom stereocenters. The lowest BCUT2D eigenvalue weighted by molar-refractivity contribution is 0.451. The van der Waals surface area contributed by atoms with E-state index in [9.17, 15) is 0 Å². The summed E-state index contributed by atoms with van der Waals surface area (Å²) in [4.78, 5) is 1.37. The second kappa shape index (κ2) is 6.61. The van der Waals surface area contributed by atoms with Crippen LogP contribution in [0.4, 0.5) is 0 Å². The first-order valence-electron chi connectivity index (χ1n) is 6.31. The Morgan fingerprint density at radius 3 is 3.11 bits per heavy atom. The molecule has 0 saturated carbocycles. The van der Waals surface area contributed by atoms with E-state index < -0.39 is 0 Å². The summed E-state index contributed by atoms with van der Waals surface area (Å²) in [6.07, 6.45) is 2.09. The minimum absolute atomic E-state index is 0.289. The van der Waals surface area contributed by atoms with Gasteiger partial charge in [-0.2, -0.15) is 0 Å². The van der Waals surface area contributed by atoms with Crippen molar-refractivity contribution in [2.75, 3.05) is 6.54 Å². The molecule has 6 heteroatoms. The summed E-state index contributed by atoms with van der Waals surface area (Å²) >= 11 is 1.78. The molecule has 0 aliphatic heterocycles. The average Bonchev–Trinajstić information content (AvgIpc) is 3.00. The van der Waals surface area contributed by atoms with Crippen LogP contribution in [0.1, 0.15) is 37.0 Å². The molecular formula is C12H19N5S. The first kappa shape index (κ1) is 13.2. The lowest BCUT2D eigenvalue weighted by atomic mass is 10.2. The Morgan fingerprint density at radius 1 is 1.50 bits per heavy atom. The topological polar surface area (TPSA) is 55.6 Å². The van der Waals surface area contributed by atoms with E-state index in [-0.39, 0.29) is 6.04 Å². The van der Waals surface area contributed by atoms with Gasteiger partial charge in [-0.25, -0.2) is 4.68 Å². The van der Waals surface area contributed by atoms with Crippen LogP contribution in [0.2, 0.25) is 0 Å². The van der Waals surface area contributed by atoms with Crippen molar-refractivity contribution in [1.29, 1.82) is 0 Å². The van der Waals surface area contributed by atoms with Gasteiger partial charge in [-0.3, -0.25) is 0 Å². The zero-order valence-corrected chi connectivity index (χ0v) is 11.7. The molecule has 0 bridgehead atoms. The predicted octanol–water partition coefficient (Wildman–Crippen LogP) is 2.04. The van der Waals surface area contributed by atoms with Crippen LogP contribution in [-0.4, -0.2) is 26.8 Å². The molecule has 98 valence electrons. The third-order valence-corrected chi connectivity index (χ3v) is 3.66. The fourth-order valence-electron chi connectivity index (χ4n) is 1.85. The van der Waals surface area contributed by atoms with E-state index in [4.69, 9.17) is 0 Å². The van der Waals surface area contributed by atoms with Crippen molar-refractivity contribution in [2.24, 2.45) is 0 Å². The van der Waals surface area contributed by atoms with Gasteiger partial charge in [-0.1, -0.05) is 13.0 Å². The van der Waals surface area contributed by atoms with E-state index in [1.165, 1.54) is 4.88 Å². The maximum absolute atomic E-state index is 4.10. The van der Waals surface area contributed by atoms with E-state index in [0.717, 1.165) is 31.8 Å². The highest BCUT2D eigenvalue weighted by atomic mass is 32.1. The molecule has 0 spiro atoms. The Bertz CT molecular complexity index is 451. The van der Waals surface area contributed by atoms with E-state index in [0.29, 0.717) is 0 Å². The molecule has 2 aromatic heterocycles. The quantitative estimate of drug-likeness (QED) is 0.778. The van der Waals surface area contributed by atoms with Gasteiger partial charge < -0.3 is 5.32 Å². The van der Waals surface area contributed by atoms with Gasteiger partial charge in [-0.05, 0) is 41.8 Å². The smallest absolute Gasteiger partial charge is 0.165 e. The van der Waals surface area contributed by atoms with Crippen LogP contribution >= 0.6 is 11.3 Å². The minimum Gasteiger partial charge on any atom is -0.310 e. The van der Waals surface area contributed by atoms with Gasteiger partial charge >= 0.3 is 0 Å². The number of hydrogen-bond acceptors (Lipinski definition) is 5. The van der Waals surface area contributed by atoms with Gasteiger partial charge in [0, 0.05) is 11.3 Å². The number of rotatable bonds is 7. The fraction of sp³-hybridized carbons (Fsp3) is 0.583. The predicted molar refractivity (Wildman–Crippen MR) is 72.5 cm³/mol. The molecule has 2 heterocycles. The lowest BCUT2D eigenvalue weighted by Gasteiger charge is -2.12. The second-order valence-corrected chi connectivity index (χ2v) is 5.38. The van der Waals surface area contributed by atoms with Crippen LogP contribution in [0.3, 0.4) is 0 Å². The van der Waals surface area contributed by atoms with Crippen molar-refractivity contribution in [3.05, 3.63) is 28.2 Å². The van der Waals surface area contributed by atoms with Crippen LogP contribution < -0.4 is 5.32 Å². The van der Waals surface area contributed by atoms with Gasteiger partial charge in [0.2, 0.25) is 0 Å². The first-order chi connectivity index (χ1) is 8.81. The molecule has 5 nitrogen and oxygen atoms in total. The highest BCUT2D eigenvalue weighted by molar-refractivity contribution is 7.09. The van der Waals surface area contributed by atoms with Gasteiger partial charge in [-0.15, -0.1) is 16.4 Å². The monoisotopic (exact) mass is 265 g/mol. The van der Waals surface area contributed by atoms with Crippen molar-refractivity contribution >= 4 is 11.3 Å². The normalized spacial score (nSPS) is 12.8. The summed E-state index contributed by atoms with van der Waals surface area (Å²) in [5, 5.41) is 17.4. The van der Waals surface area contributed by atoms with Crippen LogP contribution in [0, 0.1) is 0 Å². The summed E-state index contributed by atoms with van der Waals surface area (Å²) in [6, 6.07) is 4.52. The zero-order chi connectivity index (χ0) is 12.8. The third-order valence-electron chi connectivity index (χ3n) is 2.77. The Kier molecular flexibility index (Phi) is 4.83. The molecule has 18 heavy (non-hydrogen) atoms. The lowest BCUT2D eigenvalue weighted by Crippen LogP contribution is -2.20. The molecule has 2 aromatic rings. The molecule has 0 saturated heterocycles. The molecule has 1 N–H and O–H groups in total. The third kappa shape index (κ3) is 3.36. The zero-order valence-electron chi connectivity index (χ0n) is 10.8. The van der Waals surface area contributed by atoms with Gasteiger partial charge in [0.05, 0.1) is 12.6 Å². The summed E-state index contributed by atoms with van der Waals surface area (Å²) < 4.78 is 1.92. The van der Waals surface area contributed by atoms with Crippen LogP contribution in [-0.2, 0) is 13.0 Å². The number of thiophene rings is 1. The molecule has 0 aromatic carbocycles. The molecular weight excluding hydrogens is 246 g/mol. The highest BCUT2D eigenvalue weighted by Gasteiger charge is 2.13. The average molecular weight is 265 g/mol. The summed E-state index contributed by atoms with van der Waals surface area (Å²) in [7, 11) is 0. The summed E-state index contributed by atoms with van der Waals surface area (Å²) in [5.74, 6) is 0.910. The van der Waals surface area contributed by atoms with Crippen molar-refractivity contribution in [1.82, 2.24) is 25.5 Å². The first-order valence-corrected chi connectivity index (χ1v) is 7.19. The molecule has 0 amide bonds. The van der Waals surface area contributed by atoms with Crippen molar-refractivity contribution < 1.29 is 0 Å². The van der Waals surface area contributed by atoms with Gasteiger partial charge in [0.1, 0.15) is 0 Å². The van der Waals surface area contributed by atoms with Crippen LogP contribution in [0.5, 0.6) is 0 Å². The Balaban J connectivity index is 1.97. The number of tetrazole rings is 1. The summed E-state index contributed by atoms with van der Waals surface area (Å²) in [6.45, 7) is 6.02. The summed E-state index contributed by atoms with van der Waals surface area (Å²) in [5.41, 5.74) is 0. The Morgan fingerprint density at radius 2 is 2.39 bits per heavy atom. The highest BCUT2D eigenvalue weighted by Crippen LogP contribution is 2.17. The largest absolute Gasteiger partial charge is 0.310 e. The number of hydrogen-bond donors (Lipinski definition) is 1.